The molecule has 0 rings (SSSR count). The van der Waals surface area contributed by atoms with Crippen molar-refractivity contribution >= 4 is 5.91 Å². The Morgan fingerprint density at radius 1 is 1.71 bits per heavy atom. The van der Waals surface area contributed by atoms with E-state index in [9.17, 15) is 4.79 Å². The van der Waals surface area contributed by atoms with E-state index in [0.717, 1.165) is 0 Å². The van der Waals surface area contributed by atoms with Crippen LogP contribution in [0.3, 0.4) is 0 Å². The highest BCUT2D eigenvalue weighted by Crippen LogP contribution is 1.94. The zero-order chi connectivity index (χ0) is 10.8. The number of hydrogen-bond donors (Lipinski definition) is 2. The van der Waals surface area contributed by atoms with Crippen molar-refractivity contribution in [2.75, 3.05) is 20.3 Å². The number of terminal acetylenes is 1. The lowest BCUT2D eigenvalue weighted by molar-refractivity contribution is -0.122. The van der Waals surface area contributed by atoms with Gasteiger partial charge in [-0.2, -0.15) is 0 Å². The van der Waals surface area contributed by atoms with Crippen molar-refractivity contribution in [1.29, 1.82) is 0 Å². The molecule has 4 nitrogen and oxygen atoms in total. The Balaban J connectivity index is 3.77. The molecule has 4 heteroatoms. The Kier molecular flexibility index (Phi) is 7.90. The molecule has 0 aliphatic heterocycles. The second-order valence-electron chi connectivity index (χ2n) is 2.94. The van der Waals surface area contributed by atoms with Gasteiger partial charge in [0.15, 0.2) is 0 Å². The molecule has 1 atom stereocenters. The van der Waals surface area contributed by atoms with Crippen LogP contribution in [0.25, 0.3) is 0 Å². The van der Waals surface area contributed by atoms with E-state index < -0.39 is 0 Å². The van der Waals surface area contributed by atoms with Crippen molar-refractivity contribution in [3.63, 3.8) is 0 Å². The molecule has 0 saturated carbocycles. The van der Waals surface area contributed by atoms with Gasteiger partial charge < -0.3 is 15.2 Å². The summed E-state index contributed by atoms with van der Waals surface area (Å²) in [5, 5.41) is 11.4. The highest BCUT2D eigenvalue weighted by atomic mass is 16.5. The van der Waals surface area contributed by atoms with Crippen molar-refractivity contribution in [2.45, 2.75) is 25.3 Å². The van der Waals surface area contributed by atoms with E-state index >= 15 is 0 Å². The number of amides is 1. The van der Waals surface area contributed by atoms with Gasteiger partial charge in [-0.1, -0.05) is 0 Å². The second kappa shape index (κ2) is 8.54. The number of carbonyl (C=O) groups excluding carboxylic acids is 1. The molecule has 0 aromatic rings. The van der Waals surface area contributed by atoms with Crippen LogP contribution in [0.5, 0.6) is 0 Å². The van der Waals surface area contributed by atoms with Crippen LogP contribution in [0.1, 0.15) is 19.3 Å². The lowest BCUT2D eigenvalue weighted by Gasteiger charge is -2.16. The summed E-state index contributed by atoms with van der Waals surface area (Å²) in [5.41, 5.74) is 0. The maximum absolute atomic E-state index is 11.2. The minimum Gasteiger partial charge on any atom is -0.396 e. The van der Waals surface area contributed by atoms with E-state index in [1.165, 1.54) is 0 Å². The summed E-state index contributed by atoms with van der Waals surface area (Å²) in [5.74, 6) is 2.30. The molecule has 0 aliphatic carbocycles. The van der Waals surface area contributed by atoms with Gasteiger partial charge >= 0.3 is 0 Å². The molecule has 0 aliphatic rings. The first-order chi connectivity index (χ1) is 6.74. The number of aliphatic hydroxyl groups is 1. The minimum absolute atomic E-state index is 0.0312. The third kappa shape index (κ3) is 6.46. The Bertz CT molecular complexity index is 192. The number of aliphatic hydroxyl groups excluding tert-OH is 1. The van der Waals surface area contributed by atoms with Crippen molar-refractivity contribution in [3.05, 3.63) is 0 Å². The molecule has 80 valence electrons. The predicted octanol–water partition coefficient (Wildman–Crippen LogP) is -0.0866. The average molecular weight is 199 g/mol. The molecular weight excluding hydrogens is 182 g/mol. The Hall–Kier alpha value is -1.05. The van der Waals surface area contributed by atoms with Gasteiger partial charge in [-0.05, 0) is 6.42 Å². The van der Waals surface area contributed by atoms with Crippen LogP contribution in [0.15, 0.2) is 0 Å². The van der Waals surface area contributed by atoms with Crippen LogP contribution in [0, 0.1) is 12.3 Å². The van der Waals surface area contributed by atoms with Crippen LogP contribution in [0.4, 0.5) is 0 Å². The second-order valence-corrected chi connectivity index (χ2v) is 2.94. The summed E-state index contributed by atoms with van der Waals surface area (Å²) < 4.78 is 4.90. The van der Waals surface area contributed by atoms with Crippen LogP contribution >= 0.6 is 0 Å². The van der Waals surface area contributed by atoms with Gasteiger partial charge in [0, 0.05) is 26.6 Å². The molecule has 2 N–H and O–H groups in total. The number of carbonyl (C=O) groups is 1. The summed E-state index contributed by atoms with van der Waals surface area (Å²) in [6.07, 6.45) is 6.28. The molecule has 0 spiro atoms. The summed E-state index contributed by atoms with van der Waals surface area (Å²) in [7, 11) is 1.55. The Morgan fingerprint density at radius 2 is 2.43 bits per heavy atom. The molecule has 0 heterocycles. The average Bonchev–Trinajstić information content (AvgIpc) is 2.15. The van der Waals surface area contributed by atoms with Gasteiger partial charge in [0.25, 0.3) is 0 Å². The molecule has 0 aromatic carbocycles. The van der Waals surface area contributed by atoms with Crippen LogP contribution in [-0.4, -0.2) is 37.4 Å². The highest BCUT2D eigenvalue weighted by Gasteiger charge is 2.10. The van der Waals surface area contributed by atoms with E-state index in [0.29, 0.717) is 25.9 Å². The van der Waals surface area contributed by atoms with E-state index in [1.807, 2.05) is 0 Å². The maximum atomic E-state index is 11.2. The number of hydrogen-bond acceptors (Lipinski definition) is 3. The SMILES string of the molecule is C#CCCC(=O)NC(CCO)COC. The van der Waals surface area contributed by atoms with Gasteiger partial charge in [-0.15, -0.1) is 12.3 Å². The molecule has 14 heavy (non-hydrogen) atoms. The van der Waals surface area contributed by atoms with Crippen molar-refractivity contribution in [1.82, 2.24) is 5.32 Å². The standard InChI is InChI=1S/C10H17NO3/c1-3-4-5-10(13)11-9(6-7-12)8-14-2/h1,9,12H,4-8H2,2H3,(H,11,13). The normalized spacial score (nSPS) is 11.8. The summed E-state index contributed by atoms with van der Waals surface area (Å²) in [4.78, 5) is 11.2. The van der Waals surface area contributed by atoms with Crippen molar-refractivity contribution < 1.29 is 14.6 Å². The molecule has 0 bridgehead atoms. The fourth-order valence-electron chi connectivity index (χ4n) is 1.04. The van der Waals surface area contributed by atoms with Crippen LogP contribution in [0.2, 0.25) is 0 Å². The lowest BCUT2D eigenvalue weighted by atomic mass is 10.2. The predicted molar refractivity (Wildman–Crippen MR) is 53.6 cm³/mol. The maximum Gasteiger partial charge on any atom is 0.221 e. The first-order valence-corrected chi connectivity index (χ1v) is 4.57. The van der Waals surface area contributed by atoms with Crippen LogP contribution < -0.4 is 5.32 Å². The summed E-state index contributed by atoms with van der Waals surface area (Å²) >= 11 is 0. The topological polar surface area (TPSA) is 58.6 Å². The fraction of sp³-hybridized carbons (Fsp3) is 0.700. The molecule has 0 radical (unpaired) electrons. The number of ether oxygens (including phenoxy) is 1. The van der Waals surface area contributed by atoms with E-state index in [4.69, 9.17) is 16.3 Å². The Labute approximate surface area is 84.6 Å². The molecule has 1 amide bonds. The fourth-order valence-corrected chi connectivity index (χ4v) is 1.04. The molecule has 0 saturated heterocycles. The van der Waals surface area contributed by atoms with E-state index in [-0.39, 0.29) is 18.6 Å². The third-order valence-corrected chi connectivity index (χ3v) is 1.71. The molecule has 0 fully saturated rings. The minimum atomic E-state index is -0.129. The highest BCUT2D eigenvalue weighted by molar-refractivity contribution is 5.76. The lowest BCUT2D eigenvalue weighted by Crippen LogP contribution is -2.38. The van der Waals surface area contributed by atoms with Gasteiger partial charge in [0.2, 0.25) is 5.91 Å². The third-order valence-electron chi connectivity index (χ3n) is 1.71. The Morgan fingerprint density at radius 3 is 2.93 bits per heavy atom. The molecule has 1 unspecified atom stereocenters. The van der Waals surface area contributed by atoms with Crippen molar-refractivity contribution in [3.8, 4) is 12.3 Å². The van der Waals surface area contributed by atoms with E-state index in [1.54, 1.807) is 7.11 Å². The zero-order valence-corrected chi connectivity index (χ0v) is 8.45. The van der Waals surface area contributed by atoms with Gasteiger partial charge in [0.05, 0.1) is 12.6 Å². The first-order valence-electron chi connectivity index (χ1n) is 4.57. The van der Waals surface area contributed by atoms with E-state index in [2.05, 4.69) is 11.2 Å². The molecular formula is C10H17NO3. The largest absolute Gasteiger partial charge is 0.396 e. The van der Waals surface area contributed by atoms with Crippen LogP contribution in [-0.2, 0) is 9.53 Å². The quantitative estimate of drug-likeness (QED) is 0.563. The van der Waals surface area contributed by atoms with Gasteiger partial charge in [-0.25, -0.2) is 0 Å². The first kappa shape index (κ1) is 12.9. The number of nitrogens with one attached hydrogen (secondary N) is 1. The number of rotatable bonds is 7. The van der Waals surface area contributed by atoms with Gasteiger partial charge in [0.1, 0.15) is 0 Å². The van der Waals surface area contributed by atoms with Crippen molar-refractivity contribution in [2.24, 2.45) is 0 Å². The monoisotopic (exact) mass is 199 g/mol. The molecule has 0 aromatic heterocycles. The zero-order valence-electron chi connectivity index (χ0n) is 8.45. The van der Waals surface area contributed by atoms with Gasteiger partial charge in [-0.3, -0.25) is 4.79 Å². The summed E-state index contributed by atoms with van der Waals surface area (Å²) in [6, 6.07) is -0.129. The summed E-state index contributed by atoms with van der Waals surface area (Å²) in [6.45, 7) is 0.436. The smallest absolute Gasteiger partial charge is 0.221 e. The number of methoxy groups -OCH3 is 1.